The van der Waals surface area contributed by atoms with Crippen molar-refractivity contribution in [3.05, 3.63) is 41.7 Å². The van der Waals surface area contributed by atoms with Crippen LogP contribution in [0.3, 0.4) is 0 Å². The predicted octanol–water partition coefficient (Wildman–Crippen LogP) is 6.20. The van der Waals surface area contributed by atoms with Gasteiger partial charge < -0.3 is 14.5 Å². The van der Waals surface area contributed by atoms with Gasteiger partial charge in [-0.05, 0) is 41.9 Å². The zero-order valence-electron chi connectivity index (χ0n) is 20.6. The third-order valence-electron chi connectivity index (χ3n) is 6.79. The molecule has 0 aliphatic carbocycles. The smallest absolute Gasteiger partial charge is 0.454 e. The van der Waals surface area contributed by atoms with Crippen molar-refractivity contribution in [1.29, 1.82) is 0 Å². The van der Waals surface area contributed by atoms with Crippen LogP contribution in [0.1, 0.15) is 40.5 Å². The lowest BCUT2D eigenvalue weighted by molar-refractivity contribution is -0.167. The summed E-state index contributed by atoms with van der Waals surface area (Å²) in [7, 11) is 1.38. The van der Waals surface area contributed by atoms with Crippen LogP contribution in [-0.4, -0.2) is 44.1 Å². The van der Waals surface area contributed by atoms with Crippen LogP contribution >= 0.6 is 0 Å². The predicted molar refractivity (Wildman–Crippen MR) is 123 cm³/mol. The minimum atomic E-state index is -5.04. The number of alkyl halides is 6. The first-order valence-corrected chi connectivity index (χ1v) is 11.3. The second kappa shape index (κ2) is 9.15. The zero-order chi connectivity index (χ0) is 27.3. The van der Waals surface area contributed by atoms with E-state index >= 15 is 0 Å². The Morgan fingerprint density at radius 3 is 1.69 bits per heavy atom. The number of Topliss-reactive ketones (excluding diaryl/α,β-unsaturated/α-hetero) is 2. The number of rotatable bonds is 5. The van der Waals surface area contributed by atoms with Crippen molar-refractivity contribution < 1.29 is 40.7 Å². The standard InChI is InChI=1S/C25H28F6N2O3/c1-22(2)8-10-32(13-16(22)20(34)24(26,27)28)15-6-7-19(36-5)18(12-15)33-11-9-23(3,4)17(14-33)21(35)25(29,30)31/h6-7,12-14H,8-11H2,1-5H3. The Bertz CT molecular complexity index is 1120. The number of ketones is 2. The molecule has 1 aromatic carbocycles. The highest BCUT2D eigenvalue weighted by Crippen LogP contribution is 2.44. The summed E-state index contributed by atoms with van der Waals surface area (Å²) in [6, 6.07) is 4.70. The van der Waals surface area contributed by atoms with Gasteiger partial charge in [-0.25, -0.2) is 0 Å². The molecule has 0 amide bonds. The molecule has 0 saturated carbocycles. The molecule has 5 nitrogen and oxygen atoms in total. The Morgan fingerprint density at radius 2 is 1.25 bits per heavy atom. The molecule has 11 heteroatoms. The maximum Gasteiger partial charge on any atom is 0.454 e. The lowest BCUT2D eigenvalue weighted by Gasteiger charge is -2.39. The second-order valence-electron chi connectivity index (χ2n) is 10.3. The minimum absolute atomic E-state index is 0.246. The number of hydrogen-bond donors (Lipinski definition) is 0. The summed E-state index contributed by atoms with van der Waals surface area (Å²) < 4.78 is 84.8. The third kappa shape index (κ3) is 5.39. The maximum atomic E-state index is 13.3. The SMILES string of the molecule is COc1ccc(N2C=C(C(=O)C(F)(F)F)C(C)(C)CC2)cc1N1C=C(C(=O)C(F)(F)F)C(C)(C)CC1. The summed E-state index contributed by atoms with van der Waals surface area (Å²) >= 11 is 0. The van der Waals surface area contributed by atoms with Crippen LogP contribution in [-0.2, 0) is 9.59 Å². The molecule has 36 heavy (non-hydrogen) atoms. The van der Waals surface area contributed by atoms with E-state index in [1.165, 1.54) is 23.1 Å². The summed E-state index contributed by atoms with van der Waals surface area (Å²) in [5, 5.41) is 0. The van der Waals surface area contributed by atoms with E-state index in [9.17, 15) is 35.9 Å². The molecule has 1 aromatic rings. The number of carbonyl (C=O) groups excluding carboxylic acids is 2. The molecule has 2 aliphatic heterocycles. The number of halogens is 6. The molecule has 0 radical (unpaired) electrons. The van der Waals surface area contributed by atoms with Crippen molar-refractivity contribution in [3.63, 3.8) is 0 Å². The van der Waals surface area contributed by atoms with Gasteiger partial charge in [-0.1, -0.05) is 27.7 Å². The molecule has 198 valence electrons. The molecular weight excluding hydrogens is 490 g/mol. The molecule has 3 rings (SSSR count). The van der Waals surface area contributed by atoms with Gasteiger partial charge in [0.25, 0.3) is 11.6 Å². The molecule has 0 saturated heterocycles. The first-order chi connectivity index (χ1) is 16.4. The normalized spacial score (nSPS) is 20.0. The number of methoxy groups -OCH3 is 1. The van der Waals surface area contributed by atoms with Crippen LogP contribution in [0.2, 0.25) is 0 Å². The van der Waals surface area contributed by atoms with Crippen molar-refractivity contribution in [1.82, 2.24) is 0 Å². The Labute approximate surface area is 205 Å². The monoisotopic (exact) mass is 518 g/mol. The van der Waals surface area contributed by atoms with Gasteiger partial charge in [0.1, 0.15) is 5.75 Å². The maximum absolute atomic E-state index is 13.3. The molecule has 0 fully saturated rings. The van der Waals surface area contributed by atoms with E-state index in [2.05, 4.69) is 0 Å². The number of ether oxygens (including phenoxy) is 1. The number of allylic oxidation sites excluding steroid dienone is 2. The van der Waals surface area contributed by atoms with Gasteiger partial charge in [0.05, 0.1) is 12.8 Å². The van der Waals surface area contributed by atoms with Gasteiger partial charge in [-0.3, -0.25) is 9.59 Å². The molecular formula is C25H28F6N2O3. The first-order valence-electron chi connectivity index (χ1n) is 11.3. The van der Waals surface area contributed by atoms with Crippen molar-refractivity contribution in [2.75, 3.05) is 30.0 Å². The topological polar surface area (TPSA) is 49.9 Å². The summed E-state index contributed by atoms with van der Waals surface area (Å²) in [4.78, 5) is 27.2. The van der Waals surface area contributed by atoms with Gasteiger partial charge in [-0.2, -0.15) is 26.3 Å². The van der Waals surface area contributed by atoms with Crippen LogP contribution in [0.15, 0.2) is 41.7 Å². The average Bonchev–Trinajstić information content (AvgIpc) is 2.76. The van der Waals surface area contributed by atoms with E-state index in [1.54, 1.807) is 45.9 Å². The summed E-state index contributed by atoms with van der Waals surface area (Å²) in [6.07, 6.45) is -7.21. The molecule has 0 aromatic heterocycles. The number of nitrogens with zero attached hydrogens (tertiary/aromatic N) is 2. The fraction of sp³-hybridized carbons (Fsp3) is 0.520. The summed E-state index contributed by atoms with van der Waals surface area (Å²) in [5.41, 5.74) is -2.01. The van der Waals surface area contributed by atoms with Crippen molar-refractivity contribution >= 4 is 22.9 Å². The van der Waals surface area contributed by atoms with Gasteiger partial charge in [-0.15, -0.1) is 0 Å². The van der Waals surface area contributed by atoms with Gasteiger partial charge in [0.2, 0.25) is 0 Å². The molecule has 0 atom stereocenters. The highest BCUT2D eigenvalue weighted by Gasteiger charge is 2.48. The lowest BCUT2D eigenvalue weighted by Crippen LogP contribution is -2.40. The lowest BCUT2D eigenvalue weighted by atomic mass is 9.77. The van der Waals surface area contributed by atoms with E-state index in [4.69, 9.17) is 4.74 Å². The largest absolute Gasteiger partial charge is 0.495 e. The van der Waals surface area contributed by atoms with Crippen LogP contribution in [0.4, 0.5) is 37.7 Å². The Hall–Kier alpha value is -2.98. The molecule has 0 bridgehead atoms. The number of hydrogen-bond acceptors (Lipinski definition) is 5. The summed E-state index contributed by atoms with van der Waals surface area (Å²) in [5.74, 6) is -3.53. The average molecular weight is 518 g/mol. The molecule has 0 spiro atoms. The van der Waals surface area contributed by atoms with E-state index in [-0.39, 0.29) is 25.0 Å². The minimum Gasteiger partial charge on any atom is -0.495 e. The zero-order valence-corrected chi connectivity index (χ0v) is 20.6. The van der Waals surface area contributed by atoms with Crippen molar-refractivity contribution in [2.45, 2.75) is 52.9 Å². The highest BCUT2D eigenvalue weighted by molar-refractivity contribution is 6.02. The Morgan fingerprint density at radius 1 is 0.806 bits per heavy atom. The van der Waals surface area contributed by atoms with Crippen LogP contribution in [0, 0.1) is 10.8 Å². The van der Waals surface area contributed by atoms with Gasteiger partial charge in [0, 0.05) is 42.3 Å². The van der Waals surface area contributed by atoms with Crippen LogP contribution < -0.4 is 14.5 Å². The highest BCUT2D eigenvalue weighted by atomic mass is 19.4. The quantitative estimate of drug-likeness (QED) is 0.435. The summed E-state index contributed by atoms with van der Waals surface area (Å²) in [6.45, 7) is 6.85. The fourth-order valence-electron chi connectivity index (χ4n) is 4.37. The Kier molecular flexibility index (Phi) is 7.02. The van der Waals surface area contributed by atoms with E-state index in [0.717, 1.165) is 6.20 Å². The van der Waals surface area contributed by atoms with Crippen LogP contribution in [0.5, 0.6) is 5.75 Å². The fourth-order valence-corrected chi connectivity index (χ4v) is 4.37. The van der Waals surface area contributed by atoms with E-state index in [0.29, 0.717) is 23.7 Å². The van der Waals surface area contributed by atoms with Gasteiger partial charge in [0.15, 0.2) is 0 Å². The van der Waals surface area contributed by atoms with Crippen LogP contribution in [0.25, 0.3) is 0 Å². The van der Waals surface area contributed by atoms with Crippen molar-refractivity contribution in [2.24, 2.45) is 10.8 Å². The van der Waals surface area contributed by atoms with Crippen molar-refractivity contribution in [3.8, 4) is 5.75 Å². The second-order valence-corrected chi connectivity index (χ2v) is 10.3. The third-order valence-corrected chi connectivity index (χ3v) is 6.79. The number of carbonyl (C=O) groups is 2. The Balaban J connectivity index is 2.07. The molecule has 0 unspecified atom stereocenters. The van der Waals surface area contributed by atoms with E-state index in [1.807, 2.05) is 0 Å². The first kappa shape index (κ1) is 27.6. The molecule has 0 N–H and O–H groups in total. The molecule has 2 heterocycles. The van der Waals surface area contributed by atoms with Gasteiger partial charge >= 0.3 is 12.4 Å². The van der Waals surface area contributed by atoms with E-state index < -0.39 is 40.3 Å². The number of benzene rings is 1. The number of anilines is 2. The molecule has 2 aliphatic rings.